The first kappa shape index (κ1) is 20.5. The van der Waals surface area contributed by atoms with Crippen LogP contribution in [0.2, 0.25) is 0 Å². The van der Waals surface area contributed by atoms with Gasteiger partial charge in [-0.15, -0.1) is 0 Å². The number of piperazine rings is 1. The Morgan fingerprint density at radius 1 is 0.750 bits per heavy atom. The molecule has 1 aromatic heterocycles. The molecule has 5 nitrogen and oxygen atoms in total. The van der Waals surface area contributed by atoms with E-state index in [1.54, 1.807) is 0 Å². The monoisotopic (exact) mass is 425 g/mol. The zero-order valence-corrected chi connectivity index (χ0v) is 17.9. The Kier molecular flexibility index (Phi) is 5.75. The lowest BCUT2D eigenvalue weighted by Crippen LogP contribution is -2.50. The molecule has 0 amide bonds. The summed E-state index contributed by atoms with van der Waals surface area (Å²) in [5, 5.41) is 11.1. The van der Waals surface area contributed by atoms with E-state index in [0.717, 1.165) is 29.6 Å². The second kappa shape index (κ2) is 8.99. The molecule has 5 rings (SSSR count). The minimum absolute atomic E-state index is 0.163. The summed E-state index contributed by atoms with van der Waals surface area (Å²) in [6.07, 6.45) is 1.85. The highest BCUT2D eigenvalue weighted by Gasteiger charge is 2.34. The molecule has 0 saturated carbocycles. The van der Waals surface area contributed by atoms with Crippen molar-refractivity contribution < 1.29 is 9.90 Å². The van der Waals surface area contributed by atoms with E-state index >= 15 is 0 Å². The molecule has 1 saturated heterocycles. The molecule has 0 radical (unpaired) electrons. The lowest BCUT2D eigenvalue weighted by molar-refractivity contribution is -0.144. The minimum Gasteiger partial charge on any atom is -0.480 e. The summed E-state index contributed by atoms with van der Waals surface area (Å²) in [5.74, 6) is -0.800. The first-order chi connectivity index (χ1) is 15.7. The van der Waals surface area contributed by atoms with Crippen molar-refractivity contribution in [3.05, 3.63) is 108 Å². The summed E-state index contributed by atoms with van der Waals surface area (Å²) >= 11 is 0. The fraction of sp³-hybridized carbons (Fsp3) is 0.222. The van der Waals surface area contributed by atoms with Crippen LogP contribution in [0.25, 0.3) is 10.9 Å². The molecule has 1 aliphatic heterocycles. The van der Waals surface area contributed by atoms with E-state index in [-0.39, 0.29) is 6.04 Å². The van der Waals surface area contributed by atoms with Crippen LogP contribution in [-0.4, -0.2) is 52.0 Å². The smallest absolute Gasteiger partial charge is 0.325 e. The maximum atomic E-state index is 12.3. The number of hydrogen-bond donors (Lipinski definition) is 2. The molecule has 1 aliphatic rings. The van der Waals surface area contributed by atoms with Gasteiger partial charge in [0.2, 0.25) is 0 Å². The standard InChI is InChI=1S/C27H27N3O2/c31-27(32)26(23-19-28-24-14-8-7-13-22(23)24)30-17-15-29(16-18-30)25(20-9-3-1-4-10-20)21-11-5-2-6-12-21/h1-14,19,25-26,28H,15-18H2,(H,31,32)/t26-/m0/s1. The molecule has 0 bridgehead atoms. The Labute approximate surface area is 187 Å². The van der Waals surface area contributed by atoms with Gasteiger partial charge in [0, 0.05) is 48.8 Å². The normalized spacial score (nSPS) is 16.4. The molecule has 3 aromatic carbocycles. The van der Waals surface area contributed by atoms with Crippen LogP contribution in [0.4, 0.5) is 0 Å². The number of carboxylic acids is 1. The zero-order valence-electron chi connectivity index (χ0n) is 17.9. The van der Waals surface area contributed by atoms with Gasteiger partial charge in [0.25, 0.3) is 0 Å². The van der Waals surface area contributed by atoms with Gasteiger partial charge in [-0.1, -0.05) is 78.9 Å². The predicted molar refractivity (Wildman–Crippen MR) is 127 cm³/mol. The van der Waals surface area contributed by atoms with E-state index < -0.39 is 12.0 Å². The highest BCUT2D eigenvalue weighted by molar-refractivity contribution is 5.89. The topological polar surface area (TPSA) is 59.6 Å². The van der Waals surface area contributed by atoms with E-state index in [1.807, 2.05) is 42.6 Å². The van der Waals surface area contributed by atoms with E-state index in [4.69, 9.17) is 0 Å². The van der Waals surface area contributed by atoms with Crippen molar-refractivity contribution in [3.63, 3.8) is 0 Å². The lowest BCUT2D eigenvalue weighted by atomic mass is 9.96. The Balaban J connectivity index is 1.39. The summed E-state index contributed by atoms with van der Waals surface area (Å²) in [6, 6.07) is 28.5. The number of fused-ring (bicyclic) bond motifs is 1. The number of carbonyl (C=O) groups is 1. The van der Waals surface area contributed by atoms with Crippen molar-refractivity contribution in [2.45, 2.75) is 12.1 Å². The van der Waals surface area contributed by atoms with Crippen molar-refractivity contribution >= 4 is 16.9 Å². The molecule has 5 heteroatoms. The molecule has 1 fully saturated rings. The van der Waals surface area contributed by atoms with Gasteiger partial charge in [-0.05, 0) is 17.2 Å². The van der Waals surface area contributed by atoms with Gasteiger partial charge >= 0.3 is 5.97 Å². The van der Waals surface area contributed by atoms with Crippen LogP contribution in [0.5, 0.6) is 0 Å². The first-order valence-corrected chi connectivity index (χ1v) is 11.1. The fourth-order valence-corrected chi connectivity index (χ4v) is 4.94. The molecule has 162 valence electrons. The average Bonchev–Trinajstić information content (AvgIpc) is 3.25. The summed E-state index contributed by atoms with van der Waals surface area (Å²) < 4.78 is 0. The molecular weight excluding hydrogens is 398 g/mol. The van der Waals surface area contributed by atoms with Crippen LogP contribution in [0.15, 0.2) is 91.1 Å². The Morgan fingerprint density at radius 2 is 1.28 bits per heavy atom. The largest absolute Gasteiger partial charge is 0.480 e. The average molecular weight is 426 g/mol. The number of nitrogens with one attached hydrogen (secondary N) is 1. The highest BCUT2D eigenvalue weighted by atomic mass is 16.4. The second-order valence-corrected chi connectivity index (χ2v) is 8.33. The fourth-order valence-electron chi connectivity index (χ4n) is 4.94. The van der Waals surface area contributed by atoms with Crippen molar-refractivity contribution in [1.82, 2.24) is 14.8 Å². The first-order valence-electron chi connectivity index (χ1n) is 11.1. The van der Waals surface area contributed by atoms with Crippen LogP contribution < -0.4 is 0 Å². The minimum atomic E-state index is -0.800. The number of H-pyrrole nitrogens is 1. The van der Waals surface area contributed by atoms with Gasteiger partial charge in [0.1, 0.15) is 6.04 Å². The van der Waals surface area contributed by atoms with Crippen molar-refractivity contribution in [1.29, 1.82) is 0 Å². The van der Waals surface area contributed by atoms with Gasteiger partial charge in [-0.25, -0.2) is 0 Å². The molecule has 0 aliphatic carbocycles. The lowest BCUT2D eigenvalue weighted by Gasteiger charge is -2.41. The zero-order chi connectivity index (χ0) is 21.9. The Hall–Kier alpha value is -3.41. The molecular formula is C27H27N3O2. The third kappa shape index (κ3) is 3.93. The number of hydrogen-bond acceptors (Lipinski definition) is 3. The van der Waals surface area contributed by atoms with Crippen LogP contribution >= 0.6 is 0 Å². The van der Waals surface area contributed by atoms with Gasteiger partial charge in [-0.2, -0.15) is 0 Å². The van der Waals surface area contributed by atoms with Crippen molar-refractivity contribution in [2.24, 2.45) is 0 Å². The Bertz CT molecular complexity index is 1140. The van der Waals surface area contributed by atoms with E-state index in [2.05, 4.69) is 63.3 Å². The van der Waals surface area contributed by atoms with E-state index in [0.29, 0.717) is 13.1 Å². The predicted octanol–water partition coefficient (Wildman–Crippen LogP) is 4.70. The summed E-state index contributed by atoms with van der Waals surface area (Å²) in [5.41, 5.74) is 4.34. The molecule has 0 spiro atoms. The van der Waals surface area contributed by atoms with E-state index in [1.165, 1.54) is 11.1 Å². The van der Waals surface area contributed by atoms with Crippen LogP contribution in [0.1, 0.15) is 28.8 Å². The highest BCUT2D eigenvalue weighted by Crippen LogP contribution is 2.33. The summed E-state index contributed by atoms with van der Waals surface area (Å²) in [6.45, 7) is 3.01. The van der Waals surface area contributed by atoms with Crippen molar-refractivity contribution in [2.75, 3.05) is 26.2 Å². The third-order valence-electron chi connectivity index (χ3n) is 6.46. The number of aromatic nitrogens is 1. The second-order valence-electron chi connectivity index (χ2n) is 8.33. The van der Waals surface area contributed by atoms with Gasteiger partial charge in [0.05, 0.1) is 6.04 Å². The van der Waals surface area contributed by atoms with Crippen LogP contribution in [-0.2, 0) is 4.79 Å². The number of carboxylic acid groups (broad SMARTS) is 1. The van der Waals surface area contributed by atoms with E-state index in [9.17, 15) is 9.90 Å². The molecule has 1 atom stereocenters. The summed E-state index contributed by atoms with van der Waals surface area (Å²) in [7, 11) is 0. The third-order valence-corrected chi connectivity index (χ3v) is 6.46. The number of aliphatic carboxylic acids is 1. The van der Waals surface area contributed by atoms with Crippen LogP contribution in [0.3, 0.4) is 0 Å². The maximum Gasteiger partial charge on any atom is 0.325 e. The molecule has 2 N–H and O–H groups in total. The molecule has 0 unspecified atom stereocenters. The molecule has 4 aromatic rings. The van der Waals surface area contributed by atoms with Gasteiger partial charge < -0.3 is 10.1 Å². The molecule has 32 heavy (non-hydrogen) atoms. The summed E-state index contributed by atoms with van der Waals surface area (Å²) in [4.78, 5) is 20.1. The van der Waals surface area contributed by atoms with Gasteiger partial charge in [-0.3, -0.25) is 14.6 Å². The number of rotatable bonds is 6. The number of para-hydroxylation sites is 1. The number of aromatic amines is 1. The SMILES string of the molecule is O=C(O)[C@H](c1c[nH]c2ccccc12)N1CCN(C(c2ccccc2)c2ccccc2)CC1. The van der Waals surface area contributed by atoms with Gasteiger partial charge in [0.15, 0.2) is 0 Å². The maximum absolute atomic E-state index is 12.3. The number of nitrogens with zero attached hydrogens (tertiary/aromatic N) is 2. The quantitative estimate of drug-likeness (QED) is 0.470. The number of benzene rings is 3. The Morgan fingerprint density at radius 3 is 1.88 bits per heavy atom. The van der Waals surface area contributed by atoms with Crippen molar-refractivity contribution in [3.8, 4) is 0 Å². The van der Waals surface area contributed by atoms with Crippen LogP contribution in [0, 0.1) is 0 Å². The molecule has 2 heterocycles.